The Balaban J connectivity index is 1.76. The van der Waals surface area contributed by atoms with Crippen LogP contribution >= 0.6 is 11.6 Å². The number of aryl methyl sites for hydroxylation is 1. The predicted molar refractivity (Wildman–Crippen MR) is 122 cm³/mol. The zero-order valence-electron chi connectivity index (χ0n) is 16.9. The van der Waals surface area contributed by atoms with Crippen molar-refractivity contribution in [3.05, 3.63) is 101 Å². The van der Waals surface area contributed by atoms with E-state index in [-0.39, 0.29) is 18.0 Å². The van der Waals surface area contributed by atoms with Gasteiger partial charge in [-0.3, -0.25) is 4.79 Å². The van der Waals surface area contributed by atoms with E-state index in [4.69, 9.17) is 11.6 Å². The summed E-state index contributed by atoms with van der Waals surface area (Å²) in [6.45, 7) is 1.61. The zero-order chi connectivity index (χ0) is 22.3. The summed E-state index contributed by atoms with van der Waals surface area (Å²) < 4.78 is 27.4. The normalized spacial score (nSPS) is 11.7. The Hall–Kier alpha value is -3.00. The molecule has 1 N–H and O–H groups in total. The lowest BCUT2D eigenvalue weighted by atomic mass is 10.2. The minimum atomic E-state index is -3.90. The number of hydrazone groups is 1. The SMILES string of the molecule is Cc1ccc(/C=N\NC(=O)CN(Cc2ccc(Cl)cc2)S(=O)(=O)c2ccccc2)cc1. The van der Waals surface area contributed by atoms with Gasteiger partial charge in [-0.25, -0.2) is 13.8 Å². The fraction of sp³-hybridized carbons (Fsp3) is 0.130. The molecule has 0 saturated heterocycles. The van der Waals surface area contributed by atoms with Crippen LogP contribution in [0.1, 0.15) is 16.7 Å². The molecule has 3 aromatic carbocycles. The highest BCUT2D eigenvalue weighted by Crippen LogP contribution is 2.19. The number of sulfonamides is 1. The van der Waals surface area contributed by atoms with Gasteiger partial charge < -0.3 is 0 Å². The molecule has 0 fully saturated rings. The highest BCUT2D eigenvalue weighted by Gasteiger charge is 2.26. The Morgan fingerprint density at radius 3 is 2.29 bits per heavy atom. The maximum absolute atomic E-state index is 13.1. The summed E-state index contributed by atoms with van der Waals surface area (Å²) in [7, 11) is -3.90. The van der Waals surface area contributed by atoms with Gasteiger partial charge in [-0.2, -0.15) is 9.41 Å². The third-order valence-electron chi connectivity index (χ3n) is 4.45. The Morgan fingerprint density at radius 1 is 1.00 bits per heavy atom. The van der Waals surface area contributed by atoms with Crippen molar-refractivity contribution >= 4 is 33.7 Å². The third-order valence-corrected chi connectivity index (χ3v) is 6.51. The van der Waals surface area contributed by atoms with E-state index in [1.165, 1.54) is 18.3 Å². The Kier molecular flexibility index (Phi) is 7.57. The number of amides is 1. The first-order valence-electron chi connectivity index (χ1n) is 9.53. The molecule has 0 aliphatic carbocycles. The lowest BCUT2D eigenvalue weighted by Crippen LogP contribution is -2.39. The predicted octanol–water partition coefficient (Wildman–Crippen LogP) is 3.99. The summed E-state index contributed by atoms with van der Waals surface area (Å²) in [5.41, 5.74) is 5.04. The van der Waals surface area contributed by atoms with Gasteiger partial charge in [0.15, 0.2) is 0 Å². The molecule has 0 aliphatic rings. The van der Waals surface area contributed by atoms with Crippen molar-refractivity contribution in [3.8, 4) is 0 Å². The molecule has 1 amide bonds. The average molecular weight is 456 g/mol. The van der Waals surface area contributed by atoms with Gasteiger partial charge in [0.1, 0.15) is 0 Å². The highest BCUT2D eigenvalue weighted by molar-refractivity contribution is 7.89. The summed E-state index contributed by atoms with van der Waals surface area (Å²) in [5.74, 6) is -0.545. The zero-order valence-corrected chi connectivity index (χ0v) is 18.5. The second kappa shape index (κ2) is 10.3. The number of hydrogen-bond donors (Lipinski definition) is 1. The van der Waals surface area contributed by atoms with Crippen molar-refractivity contribution in [1.29, 1.82) is 0 Å². The summed E-state index contributed by atoms with van der Waals surface area (Å²) in [5, 5.41) is 4.48. The van der Waals surface area contributed by atoms with Crippen molar-refractivity contribution in [1.82, 2.24) is 9.73 Å². The fourth-order valence-electron chi connectivity index (χ4n) is 2.79. The maximum atomic E-state index is 13.1. The first-order chi connectivity index (χ1) is 14.8. The molecule has 3 rings (SSSR count). The van der Waals surface area contributed by atoms with E-state index >= 15 is 0 Å². The quantitative estimate of drug-likeness (QED) is 0.412. The van der Waals surface area contributed by atoms with E-state index < -0.39 is 15.9 Å². The standard InChI is InChI=1S/C23H22ClN3O3S/c1-18-7-9-19(10-8-18)15-25-26-23(28)17-27(16-20-11-13-21(24)14-12-20)31(29,30)22-5-3-2-4-6-22/h2-15H,16-17H2,1H3,(H,26,28)/b25-15-. The summed E-state index contributed by atoms with van der Waals surface area (Å²) in [6, 6.07) is 22.4. The molecular weight excluding hydrogens is 434 g/mol. The van der Waals surface area contributed by atoms with E-state index in [0.717, 1.165) is 15.4 Å². The molecule has 0 aromatic heterocycles. The van der Waals surface area contributed by atoms with Crippen LogP contribution in [-0.2, 0) is 21.4 Å². The lowest BCUT2D eigenvalue weighted by Gasteiger charge is -2.21. The number of carbonyl (C=O) groups excluding carboxylic acids is 1. The smallest absolute Gasteiger partial charge is 0.255 e. The molecule has 0 unspecified atom stereocenters. The molecule has 8 heteroatoms. The molecule has 0 aliphatic heterocycles. The van der Waals surface area contributed by atoms with Gasteiger partial charge >= 0.3 is 0 Å². The van der Waals surface area contributed by atoms with Crippen molar-refractivity contribution in [2.75, 3.05) is 6.54 Å². The van der Waals surface area contributed by atoms with Gasteiger partial charge in [-0.1, -0.05) is 71.8 Å². The lowest BCUT2D eigenvalue weighted by molar-refractivity contribution is -0.121. The first-order valence-corrected chi connectivity index (χ1v) is 11.3. The molecule has 0 spiro atoms. The van der Waals surface area contributed by atoms with Crippen LogP contribution in [-0.4, -0.2) is 31.4 Å². The van der Waals surface area contributed by atoms with Crippen LogP contribution in [0.25, 0.3) is 0 Å². The van der Waals surface area contributed by atoms with Crippen molar-refractivity contribution in [2.24, 2.45) is 5.10 Å². The summed E-state index contributed by atoms with van der Waals surface area (Å²) >= 11 is 5.92. The van der Waals surface area contributed by atoms with Gasteiger partial charge in [0.05, 0.1) is 17.7 Å². The van der Waals surface area contributed by atoms with Crippen LogP contribution in [0, 0.1) is 6.92 Å². The van der Waals surface area contributed by atoms with Gasteiger partial charge in [-0.05, 0) is 42.3 Å². The monoisotopic (exact) mass is 455 g/mol. The molecule has 0 bridgehead atoms. The Morgan fingerprint density at radius 2 is 1.65 bits per heavy atom. The van der Waals surface area contributed by atoms with Crippen molar-refractivity contribution < 1.29 is 13.2 Å². The second-order valence-corrected chi connectivity index (χ2v) is 9.29. The van der Waals surface area contributed by atoms with E-state index in [1.54, 1.807) is 42.5 Å². The third kappa shape index (κ3) is 6.49. The molecule has 0 atom stereocenters. The minimum absolute atomic E-state index is 0.0174. The summed E-state index contributed by atoms with van der Waals surface area (Å²) in [6.07, 6.45) is 1.51. The molecule has 31 heavy (non-hydrogen) atoms. The molecule has 0 heterocycles. The van der Waals surface area contributed by atoms with E-state index in [9.17, 15) is 13.2 Å². The molecule has 6 nitrogen and oxygen atoms in total. The number of hydrogen-bond acceptors (Lipinski definition) is 4. The van der Waals surface area contributed by atoms with E-state index in [1.807, 2.05) is 31.2 Å². The Labute approximate surface area is 187 Å². The van der Waals surface area contributed by atoms with Crippen LogP contribution in [0.5, 0.6) is 0 Å². The number of halogens is 1. The van der Waals surface area contributed by atoms with E-state index in [0.29, 0.717) is 10.6 Å². The fourth-order valence-corrected chi connectivity index (χ4v) is 4.32. The van der Waals surface area contributed by atoms with Gasteiger partial charge in [0, 0.05) is 11.6 Å². The number of nitrogens with zero attached hydrogens (tertiary/aromatic N) is 2. The van der Waals surface area contributed by atoms with E-state index in [2.05, 4.69) is 10.5 Å². The average Bonchev–Trinajstić information content (AvgIpc) is 2.77. The minimum Gasteiger partial charge on any atom is -0.272 e. The maximum Gasteiger partial charge on any atom is 0.255 e. The number of rotatable bonds is 8. The van der Waals surface area contributed by atoms with Crippen molar-refractivity contribution in [2.45, 2.75) is 18.4 Å². The van der Waals surface area contributed by atoms with Gasteiger partial charge in [0.25, 0.3) is 5.91 Å². The topological polar surface area (TPSA) is 78.8 Å². The van der Waals surface area contributed by atoms with Gasteiger partial charge in [-0.15, -0.1) is 0 Å². The van der Waals surface area contributed by atoms with Crippen LogP contribution in [0.15, 0.2) is 88.9 Å². The summed E-state index contributed by atoms with van der Waals surface area (Å²) in [4.78, 5) is 12.6. The van der Waals surface area contributed by atoms with Crippen molar-refractivity contribution in [3.63, 3.8) is 0 Å². The molecule has 160 valence electrons. The molecular formula is C23H22ClN3O3S. The van der Waals surface area contributed by atoms with Gasteiger partial charge in [0.2, 0.25) is 10.0 Å². The number of nitrogens with one attached hydrogen (secondary N) is 1. The number of carbonyl (C=O) groups is 1. The first kappa shape index (κ1) is 22.7. The Bertz CT molecular complexity index is 1150. The molecule has 0 saturated carbocycles. The van der Waals surface area contributed by atoms with Crippen LogP contribution < -0.4 is 5.43 Å². The van der Waals surface area contributed by atoms with Crippen LogP contribution in [0.3, 0.4) is 0 Å². The largest absolute Gasteiger partial charge is 0.272 e. The number of benzene rings is 3. The van der Waals surface area contributed by atoms with Crippen LogP contribution in [0.4, 0.5) is 0 Å². The highest BCUT2D eigenvalue weighted by atomic mass is 35.5. The van der Waals surface area contributed by atoms with Crippen LogP contribution in [0.2, 0.25) is 5.02 Å². The molecule has 0 radical (unpaired) electrons. The second-order valence-electron chi connectivity index (χ2n) is 6.92. The molecule has 3 aromatic rings.